The van der Waals surface area contributed by atoms with Crippen molar-refractivity contribution in [2.45, 2.75) is 86.9 Å². The highest BCUT2D eigenvalue weighted by Crippen LogP contribution is 2.57. The number of nitrogens with two attached hydrogens (primary N) is 3. The fourth-order valence-corrected chi connectivity index (χ4v) is 11.8. The maximum atomic E-state index is 15.3. The Labute approximate surface area is 408 Å². The van der Waals surface area contributed by atoms with Crippen LogP contribution in [0.5, 0.6) is 17.2 Å². The molecular weight excluding hydrogens is 921 g/mol. The van der Waals surface area contributed by atoms with E-state index in [2.05, 4.69) is 20.9 Å². The number of phenols is 1. The molecule has 0 spiro atoms. The lowest BCUT2D eigenvalue weighted by Crippen LogP contribution is -2.68. The van der Waals surface area contributed by atoms with Crippen LogP contribution in [-0.4, -0.2) is 142 Å². The number of benzene rings is 2. The number of aliphatic imine (C=N–C) groups is 1. The van der Waals surface area contributed by atoms with Gasteiger partial charge in [-0.1, -0.05) is 12.2 Å². The van der Waals surface area contributed by atoms with Gasteiger partial charge in [0.1, 0.15) is 41.2 Å². The van der Waals surface area contributed by atoms with Crippen LogP contribution in [0.25, 0.3) is 0 Å². The zero-order valence-electron chi connectivity index (χ0n) is 39.2. The minimum absolute atomic E-state index is 0.00959. The van der Waals surface area contributed by atoms with Gasteiger partial charge in [-0.05, 0) is 96.8 Å². The number of rotatable bonds is 13. The Morgan fingerprint density at radius 2 is 1.80 bits per heavy atom. The van der Waals surface area contributed by atoms with E-state index in [0.717, 1.165) is 22.6 Å². The third-order valence-electron chi connectivity index (χ3n) is 15.2. The highest BCUT2D eigenvalue weighted by molar-refractivity contribution is 6.31. The van der Waals surface area contributed by atoms with Gasteiger partial charge in [-0.15, -0.1) is 0 Å². The molecule has 0 saturated carbocycles. The van der Waals surface area contributed by atoms with Crippen LogP contribution in [0, 0.1) is 17.8 Å². The number of hydrogen-bond donors (Lipinski definition) is 12. The minimum Gasteiger partial charge on any atom is -0.507 e. The Balaban J connectivity index is 1.10. The SMILES string of the molecule is CN=C(N)NC1CCC2c3c(c4c(c(O)c31)C(=O)c1c(OC3OC(CO)C(O)(CC(CN5C(=O)C=CC5=O)C5=CCNC(N)=C5)C(O)C3O)cc(OC)cc1C4=O)CCC(CCO)C2C1=CNC(N)C=C1. The fourth-order valence-electron chi connectivity index (χ4n) is 11.8. The standard InChI is InChI=1S/C50H60N8O13/c1-54-49(53)57-30-7-6-27-37(24-4-8-33(51)56-19-24)22(12-14-59)3-5-28-38(27)41(30)45(65)42-40(28)43(63)29-16-26(69-2)17-31(39(29)44(42)64)70-48-46(66)47(67)50(68,32(21-60)71-48)18-25(23-11-13-55-34(52)15-23)20-58-35(61)9-10-36(58)62/h4,8-11,15-17,19,22,25,27,30,32-33,37,46-48,55-56,59-60,65-68H,3,5-7,12-14,18,20-21,51-52H2,1-2H3,(H3,53,54,57). The highest BCUT2D eigenvalue weighted by atomic mass is 16.7. The van der Waals surface area contributed by atoms with Crippen molar-refractivity contribution in [2.75, 3.05) is 40.5 Å². The largest absolute Gasteiger partial charge is 0.507 e. The first-order valence-electron chi connectivity index (χ1n) is 23.7. The Bertz CT molecular complexity index is 2710. The summed E-state index contributed by atoms with van der Waals surface area (Å²) in [6.45, 7) is -1.02. The molecule has 21 heteroatoms. The lowest BCUT2D eigenvalue weighted by molar-refractivity contribution is -0.316. The molecule has 7 aliphatic rings. The molecule has 11 unspecified atom stereocenters. The van der Waals surface area contributed by atoms with E-state index in [-0.39, 0.29) is 83.0 Å². The predicted molar refractivity (Wildman–Crippen MR) is 254 cm³/mol. The second-order valence-corrected chi connectivity index (χ2v) is 19.1. The van der Waals surface area contributed by atoms with Crippen molar-refractivity contribution in [1.82, 2.24) is 20.9 Å². The number of guanidine groups is 1. The van der Waals surface area contributed by atoms with Crippen molar-refractivity contribution in [3.63, 3.8) is 0 Å². The Morgan fingerprint density at radius 3 is 2.46 bits per heavy atom. The number of dihydropyridines is 2. The van der Waals surface area contributed by atoms with Gasteiger partial charge in [0.15, 0.2) is 11.7 Å². The number of aromatic hydroxyl groups is 1. The van der Waals surface area contributed by atoms with Gasteiger partial charge in [0.05, 0.1) is 42.9 Å². The van der Waals surface area contributed by atoms with Crippen molar-refractivity contribution < 1.29 is 64.0 Å². The van der Waals surface area contributed by atoms with Crippen LogP contribution in [0.1, 0.15) is 92.6 Å². The second-order valence-electron chi connectivity index (χ2n) is 19.1. The van der Waals surface area contributed by atoms with Gasteiger partial charge in [0.25, 0.3) is 11.8 Å². The van der Waals surface area contributed by atoms with E-state index in [0.29, 0.717) is 54.4 Å². The number of allylic oxidation sites excluding steroid dienone is 3. The number of aliphatic hydroxyl groups excluding tert-OH is 4. The van der Waals surface area contributed by atoms with E-state index in [4.69, 9.17) is 31.4 Å². The van der Waals surface area contributed by atoms with Crippen LogP contribution < -0.4 is 42.6 Å². The number of fused-ring (bicyclic) bond motifs is 3. The maximum absolute atomic E-state index is 15.3. The summed E-state index contributed by atoms with van der Waals surface area (Å²) in [6.07, 6.45) is 4.81. The average Bonchev–Trinajstić information content (AvgIpc) is 3.58. The van der Waals surface area contributed by atoms with E-state index in [1.807, 2.05) is 18.4 Å². The van der Waals surface area contributed by atoms with Crippen molar-refractivity contribution in [2.24, 2.45) is 39.9 Å². The molecule has 2 amide bonds. The van der Waals surface area contributed by atoms with Crippen molar-refractivity contribution in [3.8, 4) is 17.2 Å². The van der Waals surface area contributed by atoms with E-state index in [1.165, 1.54) is 26.3 Å². The Kier molecular flexibility index (Phi) is 13.6. The molecule has 1 fully saturated rings. The number of amides is 2. The van der Waals surface area contributed by atoms with Crippen molar-refractivity contribution >= 4 is 29.3 Å². The normalized spacial score (nSPS) is 30.5. The van der Waals surface area contributed by atoms with Gasteiger partial charge >= 0.3 is 0 Å². The summed E-state index contributed by atoms with van der Waals surface area (Å²) in [5.74, 6) is -4.46. The number of phenolic OH excluding ortho intramolecular Hbond substituents is 1. The molecule has 4 heterocycles. The lowest BCUT2D eigenvalue weighted by atomic mass is 9.65. The third kappa shape index (κ3) is 8.64. The minimum atomic E-state index is -2.45. The maximum Gasteiger partial charge on any atom is 0.253 e. The van der Waals surface area contributed by atoms with Crippen LogP contribution >= 0.6 is 0 Å². The van der Waals surface area contributed by atoms with Crippen LogP contribution in [0.2, 0.25) is 0 Å². The number of nitrogens with zero attached hydrogens (tertiary/aromatic N) is 2. The summed E-state index contributed by atoms with van der Waals surface area (Å²) in [5, 5.41) is 79.1. The number of hydrogen-bond acceptors (Lipinski definition) is 18. The number of ketones is 2. The molecule has 1 saturated heterocycles. The van der Waals surface area contributed by atoms with Crippen LogP contribution in [-0.2, 0) is 20.7 Å². The molecule has 71 heavy (non-hydrogen) atoms. The average molecular weight is 981 g/mol. The number of carbonyl (C=O) groups is 4. The monoisotopic (exact) mass is 980 g/mol. The highest BCUT2D eigenvalue weighted by Gasteiger charge is 2.57. The van der Waals surface area contributed by atoms with Gasteiger partial charge in [-0.3, -0.25) is 29.1 Å². The quantitative estimate of drug-likeness (QED) is 0.0574. The molecular formula is C50H60N8O13. The summed E-state index contributed by atoms with van der Waals surface area (Å²) in [5.41, 5.74) is 18.4. The number of methoxy groups -OCH3 is 1. The molecule has 0 bridgehead atoms. The number of imide groups is 1. The van der Waals surface area contributed by atoms with Crippen LogP contribution in [0.15, 0.2) is 76.7 Å². The molecule has 2 aromatic carbocycles. The van der Waals surface area contributed by atoms with E-state index < -0.39 is 90.5 Å². The van der Waals surface area contributed by atoms with Gasteiger partial charge in [-0.2, -0.15) is 0 Å². The van der Waals surface area contributed by atoms with Crippen LogP contribution in [0.3, 0.4) is 0 Å². The van der Waals surface area contributed by atoms with Gasteiger partial charge in [-0.25, -0.2) is 0 Å². The van der Waals surface area contributed by atoms with Gasteiger partial charge in [0.2, 0.25) is 12.1 Å². The first-order chi connectivity index (χ1) is 34.0. The third-order valence-corrected chi connectivity index (χ3v) is 15.2. The van der Waals surface area contributed by atoms with E-state index in [9.17, 15) is 40.2 Å². The first-order valence-corrected chi connectivity index (χ1v) is 23.7. The van der Waals surface area contributed by atoms with E-state index >= 15 is 9.59 Å². The molecule has 3 aliphatic carbocycles. The summed E-state index contributed by atoms with van der Waals surface area (Å²) < 4.78 is 17.9. The summed E-state index contributed by atoms with van der Waals surface area (Å²) in [7, 11) is 2.85. The molecule has 9 rings (SSSR count). The first kappa shape index (κ1) is 49.4. The topological polar surface area (TPSA) is 347 Å². The Hall–Kier alpha value is -6.59. The summed E-state index contributed by atoms with van der Waals surface area (Å²) in [4.78, 5) is 61.1. The van der Waals surface area contributed by atoms with Gasteiger partial charge < -0.3 is 78.0 Å². The van der Waals surface area contributed by atoms with E-state index in [1.54, 1.807) is 12.2 Å². The second kappa shape index (κ2) is 19.5. The predicted octanol–water partition coefficient (Wildman–Crippen LogP) is -0.672. The molecule has 0 radical (unpaired) electrons. The zero-order chi connectivity index (χ0) is 50.6. The smallest absolute Gasteiger partial charge is 0.253 e. The molecule has 21 nitrogen and oxygen atoms in total. The molecule has 4 aliphatic heterocycles. The van der Waals surface area contributed by atoms with Crippen LogP contribution in [0.4, 0.5) is 0 Å². The molecule has 11 atom stereocenters. The number of carbonyl (C=O) groups excluding carboxylic acids is 4. The summed E-state index contributed by atoms with van der Waals surface area (Å²) in [6, 6.07) is 2.01. The number of nitrogens with one attached hydrogen (secondary N) is 3. The summed E-state index contributed by atoms with van der Waals surface area (Å²) >= 11 is 0. The lowest BCUT2D eigenvalue weighted by Gasteiger charge is -2.49. The van der Waals surface area contributed by atoms with Crippen molar-refractivity contribution in [1.29, 1.82) is 0 Å². The fraction of sp³-hybridized carbons (Fsp3) is 0.460. The number of ether oxygens (including phenoxy) is 3. The number of aliphatic hydroxyl groups is 5. The molecule has 378 valence electrons. The molecule has 2 aromatic rings. The molecule has 0 aromatic heterocycles. The van der Waals surface area contributed by atoms with Crippen molar-refractivity contribution in [3.05, 3.63) is 111 Å². The van der Waals surface area contributed by atoms with Gasteiger partial charge in [0, 0.05) is 73.8 Å². The Morgan fingerprint density at radius 1 is 1.04 bits per heavy atom. The molecule has 15 N–H and O–H groups in total. The zero-order valence-corrected chi connectivity index (χ0v) is 39.2.